The van der Waals surface area contributed by atoms with E-state index in [2.05, 4.69) is 6.58 Å². The summed E-state index contributed by atoms with van der Waals surface area (Å²) in [7, 11) is 0. The minimum atomic E-state index is -0.978. The van der Waals surface area contributed by atoms with E-state index in [4.69, 9.17) is 9.84 Å². The molecule has 74 valence electrons. The van der Waals surface area contributed by atoms with Crippen molar-refractivity contribution in [1.82, 2.24) is 0 Å². The molecule has 0 aliphatic rings. The first kappa shape index (κ1) is 10.3. The highest BCUT2D eigenvalue weighted by Crippen LogP contribution is 2.16. The largest absolute Gasteiger partial charge is 0.482 e. The first-order valence-corrected chi connectivity index (χ1v) is 4.20. The van der Waals surface area contributed by atoms with Gasteiger partial charge in [-0.05, 0) is 24.6 Å². The molecule has 0 spiro atoms. The van der Waals surface area contributed by atoms with Crippen LogP contribution in [0.2, 0.25) is 0 Å². The smallest absolute Gasteiger partial charge is 0.341 e. The molecule has 0 amide bonds. The van der Waals surface area contributed by atoms with Crippen molar-refractivity contribution in [3.63, 3.8) is 0 Å². The lowest BCUT2D eigenvalue weighted by Gasteiger charge is -2.04. The van der Waals surface area contributed by atoms with Crippen molar-refractivity contribution in [3.8, 4) is 5.75 Å². The topological polar surface area (TPSA) is 46.5 Å². The monoisotopic (exact) mass is 192 g/mol. The van der Waals surface area contributed by atoms with Crippen molar-refractivity contribution in [1.29, 1.82) is 0 Å². The fraction of sp³-hybridized carbons (Fsp3) is 0.182. The summed E-state index contributed by atoms with van der Waals surface area (Å²) in [5, 5.41) is 8.38. The molecule has 1 aromatic carbocycles. The van der Waals surface area contributed by atoms with Gasteiger partial charge in [0, 0.05) is 0 Å². The summed E-state index contributed by atoms with van der Waals surface area (Å²) in [4.78, 5) is 10.2. The number of allylic oxidation sites excluding steroid dienone is 1. The standard InChI is InChI=1S/C11H12O3/c1-8(2)9-3-5-10(6-4-9)14-7-11(12)13/h3-6H,1,7H2,2H3,(H,12,13). The van der Waals surface area contributed by atoms with E-state index in [9.17, 15) is 4.79 Å². The van der Waals surface area contributed by atoms with Gasteiger partial charge in [-0.15, -0.1) is 0 Å². The predicted molar refractivity (Wildman–Crippen MR) is 54.3 cm³/mol. The van der Waals surface area contributed by atoms with Gasteiger partial charge in [0.05, 0.1) is 0 Å². The maximum absolute atomic E-state index is 10.2. The second-order valence-corrected chi connectivity index (χ2v) is 2.99. The molecule has 0 aliphatic heterocycles. The van der Waals surface area contributed by atoms with E-state index in [-0.39, 0.29) is 6.61 Å². The lowest BCUT2D eigenvalue weighted by Crippen LogP contribution is -2.09. The molecule has 0 radical (unpaired) electrons. The third-order valence-electron chi connectivity index (χ3n) is 1.71. The third kappa shape index (κ3) is 2.94. The number of carboxylic acid groups (broad SMARTS) is 1. The van der Waals surface area contributed by atoms with Gasteiger partial charge in [0.15, 0.2) is 6.61 Å². The number of benzene rings is 1. The first-order chi connectivity index (χ1) is 6.59. The minimum absolute atomic E-state index is 0.313. The van der Waals surface area contributed by atoms with Gasteiger partial charge in [-0.25, -0.2) is 4.79 Å². The summed E-state index contributed by atoms with van der Waals surface area (Å²) in [6, 6.07) is 7.15. The average Bonchev–Trinajstić information content (AvgIpc) is 2.15. The van der Waals surface area contributed by atoms with E-state index in [1.807, 2.05) is 19.1 Å². The SMILES string of the molecule is C=C(C)c1ccc(OCC(=O)O)cc1. The van der Waals surface area contributed by atoms with Crippen LogP contribution < -0.4 is 4.74 Å². The van der Waals surface area contributed by atoms with E-state index < -0.39 is 5.97 Å². The van der Waals surface area contributed by atoms with Gasteiger partial charge < -0.3 is 9.84 Å². The van der Waals surface area contributed by atoms with Gasteiger partial charge in [-0.2, -0.15) is 0 Å². The quantitative estimate of drug-likeness (QED) is 0.795. The first-order valence-electron chi connectivity index (χ1n) is 4.20. The van der Waals surface area contributed by atoms with Gasteiger partial charge in [-0.1, -0.05) is 24.3 Å². The fourth-order valence-corrected chi connectivity index (χ4v) is 0.981. The summed E-state index contributed by atoms with van der Waals surface area (Å²) >= 11 is 0. The maximum Gasteiger partial charge on any atom is 0.341 e. The number of rotatable bonds is 4. The van der Waals surface area contributed by atoms with Gasteiger partial charge in [0.25, 0.3) is 0 Å². The second kappa shape index (κ2) is 4.46. The number of aliphatic carboxylic acids is 1. The predicted octanol–water partition coefficient (Wildman–Crippen LogP) is 2.18. The highest BCUT2D eigenvalue weighted by Gasteiger charge is 1.99. The van der Waals surface area contributed by atoms with Crippen molar-refractivity contribution >= 4 is 11.5 Å². The zero-order valence-corrected chi connectivity index (χ0v) is 7.99. The Morgan fingerprint density at radius 1 is 1.43 bits per heavy atom. The molecular formula is C11H12O3. The van der Waals surface area contributed by atoms with Crippen LogP contribution in [0.25, 0.3) is 5.57 Å². The molecule has 0 unspecified atom stereocenters. The Morgan fingerprint density at radius 3 is 2.43 bits per heavy atom. The summed E-state index contributed by atoms with van der Waals surface area (Å²) in [6.45, 7) is 5.39. The van der Waals surface area contributed by atoms with Crippen LogP contribution in [0.5, 0.6) is 5.75 Å². The number of hydrogen-bond donors (Lipinski definition) is 1. The van der Waals surface area contributed by atoms with Crippen molar-refractivity contribution in [3.05, 3.63) is 36.4 Å². The van der Waals surface area contributed by atoms with Crippen LogP contribution in [0.3, 0.4) is 0 Å². The Balaban J connectivity index is 2.64. The summed E-state index contributed by atoms with van der Waals surface area (Å²) < 4.78 is 4.97. The zero-order chi connectivity index (χ0) is 10.6. The van der Waals surface area contributed by atoms with E-state index in [1.165, 1.54) is 0 Å². The van der Waals surface area contributed by atoms with Gasteiger partial charge in [0.1, 0.15) is 5.75 Å². The van der Waals surface area contributed by atoms with Crippen molar-refractivity contribution in [2.75, 3.05) is 6.61 Å². The highest BCUT2D eigenvalue weighted by molar-refractivity contribution is 5.68. The molecule has 0 aliphatic carbocycles. The minimum Gasteiger partial charge on any atom is -0.482 e. The van der Waals surface area contributed by atoms with E-state index >= 15 is 0 Å². The molecule has 0 fully saturated rings. The van der Waals surface area contributed by atoms with Gasteiger partial charge in [-0.3, -0.25) is 0 Å². The van der Waals surface area contributed by atoms with Crippen LogP contribution in [0, 0.1) is 0 Å². The van der Waals surface area contributed by atoms with E-state index in [0.717, 1.165) is 11.1 Å². The Hall–Kier alpha value is -1.77. The molecule has 0 aromatic heterocycles. The van der Waals surface area contributed by atoms with Crippen LogP contribution in [-0.2, 0) is 4.79 Å². The zero-order valence-electron chi connectivity index (χ0n) is 7.99. The Morgan fingerprint density at radius 2 is 2.00 bits per heavy atom. The Bertz CT molecular complexity index is 338. The number of carbonyl (C=O) groups is 1. The molecule has 14 heavy (non-hydrogen) atoms. The van der Waals surface area contributed by atoms with Gasteiger partial charge in [0.2, 0.25) is 0 Å². The molecule has 3 nitrogen and oxygen atoms in total. The average molecular weight is 192 g/mol. The molecule has 1 rings (SSSR count). The summed E-state index contributed by atoms with van der Waals surface area (Å²) in [5.74, 6) is -0.425. The number of ether oxygens (including phenoxy) is 1. The van der Waals surface area contributed by atoms with Crippen molar-refractivity contribution < 1.29 is 14.6 Å². The Labute approximate surface area is 82.6 Å². The van der Waals surface area contributed by atoms with Crippen molar-refractivity contribution in [2.24, 2.45) is 0 Å². The fourth-order valence-electron chi connectivity index (χ4n) is 0.981. The lowest BCUT2D eigenvalue weighted by atomic mass is 10.1. The maximum atomic E-state index is 10.2. The number of hydrogen-bond acceptors (Lipinski definition) is 2. The molecule has 0 heterocycles. The molecule has 0 atom stereocenters. The molecule has 0 saturated heterocycles. The summed E-state index contributed by atoms with van der Waals surface area (Å²) in [6.07, 6.45) is 0. The molecular weight excluding hydrogens is 180 g/mol. The van der Waals surface area contributed by atoms with Gasteiger partial charge >= 0.3 is 5.97 Å². The van der Waals surface area contributed by atoms with E-state index in [1.54, 1.807) is 12.1 Å². The normalized spacial score (nSPS) is 9.50. The Kier molecular flexibility index (Phi) is 3.29. The third-order valence-corrected chi connectivity index (χ3v) is 1.71. The van der Waals surface area contributed by atoms with Crippen LogP contribution in [-0.4, -0.2) is 17.7 Å². The van der Waals surface area contributed by atoms with Crippen LogP contribution in [0.4, 0.5) is 0 Å². The molecule has 0 bridgehead atoms. The van der Waals surface area contributed by atoms with Crippen LogP contribution in [0.15, 0.2) is 30.8 Å². The second-order valence-electron chi connectivity index (χ2n) is 2.99. The van der Waals surface area contributed by atoms with Crippen LogP contribution in [0.1, 0.15) is 12.5 Å². The van der Waals surface area contributed by atoms with E-state index in [0.29, 0.717) is 5.75 Å². The number of carboxylic acids is 1. The summed E-state index contributed by atoms with van der Waals surface area (Å²) in [5.41, 5.74) is 1.99. The highest BCUT2D eigenvalue weighted by atomic mass is 16.5. The molecule has 1 N–H and O–H groups in total. The lowest BCUT2D eigenvalue weighted by molar-refractivity contribution is -0.139. The van der Waals surface area contributed by atoms with Crippen LogP contribution >= 0.6 is 0 Å². The molecule has 3 heteroatoms. The molecule has 0 saturated carbocycles. The van der Waals surface area contributed by atoms with Crippen molar-refractivity contribution in [2.45, 2.75) is 6.92 Å². The molecule has 1 aromatic rings.